The number of halogens is 2. The van der Waals surface area contributed by atoms with Gasteiger partial charge >= 0.3 is 5.69 Å². The molecule has 1 fully saturated rings. The van der Waals surface area contributed by atoms with E-state index in [4.69, 9.17) is 0 Å². The van der Waals surface area contributed by atoms with E-state index in [1.54, 1.807) is 13.0 Å². The number of carbonyl (C=O) groups excluding carboxylic acids is 1. The molecule has 2 heterocycles. The van der Waals surface area contributed by atoms with Crippen molar-refractivity contribution in [1.82, 2.24) is 13.7 Å². The fraction of sp³-hybridized carbons (Fsp3) is 0.310. The van der Waals surface area contributed by atoms with Gasteiger partial charge in [0.05, 0.1) is 22.6 Å². The molecule has 5 rings (SSSR count). The van der Waals surface area contributed by atoms with Crippen molar-refractivity contribution in [2.75, 3.05) is 10.6 Å². The number of rotatable bonds is 5. The topological polar surface area (TPSA) is 107 Å². The number of pyridine rings is 1. The molecule has 4 aromatic rings. The molecule has 0 unspecified atom stereocenters. The Morgan fingerprint density at radius 2 is 1.60 bits per heavy atom. The third-order valence-electron chi connectivity index (χ3n) is 6.65. The van der Waals surface area contributed by atoms with Crippen molar-refractivity contribution >= 4 is 34.0 Å². The lowest BCUT2D eigenvalue weighted by Gasteiger charge is -2.21. The van der Waals surface area contributed by atoms with Gasteiger partial charge in [-0.2, -0.15) is 0 Å². The Balaban J connectivity index is 0.00000181. The first-order chi connectivity index (χ1) is 19.0. The number of nitrogens with zero attached hydrogens (tertiary/aromatic N) is 3. The number of aromatic nitrogens is 3. The molecule has 1 aliphatic rings. The van der Waals surface area contributed by atoms with Crippen LogP contribution in [0.2, 0.25) is 0 Å². The van der Waals surface area contributed by atoms with Gasteiger partial charge in [0.1, 0.15) is 22.8 Å². The average Bonchev–Trinajstić information content (AvgIpc) is 3.74. The molecule has 0 bridgehead atoms. The van der Waals surface area contributed by atoms with Gasteiger partial charge in [-0.3, -0.25) is 28.1 Å². The molecule has 9 nitrogen and oxygen atoms in total. The third kappa shape index (κ3) is 4.94. The smallest absolute Gasteiger partial charge is 0.336 e. The van der Waals surface area contributed by atoms with Crippen LogP contribution in [-0.2, 0) is 11.8 Å². The van der Waals surface area contributed by atoms with Crippen LogP contribution < -0.4 is 27.4 Å². The van der Waals surface area contributed by atoms with Crippen LogP contribution in [0.1, 0.15) is 50.8 Å². The van der Waals surface area contributed by atoms with Crippen molar-refractivity contribution in [3.05, 3.63) is 90.4 Å². The van der Waals surface area contributed by atoms with Crippen molar-refractivity contribution in [3.8, 4) is 5.69 Å². The lowest BCUT2D eigenvalue weighted by molar-refractivity contribution is -0.114. The molecule has 2 aromatic heterocycles. The summed E-state index contributed by atoms with van der Waals surface area (Å²) in [6.07, 6.45) is 1.22. The van der Waals surface area contributed by atoms with Gasteiger partial charge < -0.3 is 10.6 Å². The van der Waals surface area contributed by atoms with E-state index >= 15 is 0 Å². The van der Waals surface area contributed by atoms with Crippen LogP contribution in [0, 0.1) is 25.5 Å². The molecule has 0 spiro atoms. The van der Waals surface area contributed by atoms with E-state index in [2.05, 4.69) is 10.6 Å². The highest BCUT2D eigenvalue weighted by atomic mass is 19.1. The minimum absolute atomic E-state index is 0.00137. The quantitative estimate of drug-likeness (QED) is 0.370. The zero-order chi connectivity index (χ0) is 29.5. The van der Waals surface area contributed by atoms with E-state index in [1.807, 2.05) is 13.8 Å². The molecule has 11 heteroatoms. The van der Waals surface area contributed by atoms with Gasteiger partial charge in [-0.1, -0.05) is 19.9 Å². The molecule has 40 heavy (non-hydrogen) atoms. The second-order valence-corrected chi connectivity index (χ2v) is 9.54. The maximum absolute atomic E-state index is 14.8. The van der Waals surface area contributed by atoms with Gasteiger partial charge in [0.2, 0.25) is 5.91 Å². The Labute approximate surface area is 228 Å². The van der Waals surface area contributed by atoms with Crippen LogP contribution in [0.4, 0.5) is 26.0 Å². The molecule has 0 radical (unpaired) electrons. The lowest BCUT2D eigenvalue weighted by Crippen LogP contribution is -2.41. The molecule has 210 valence electrons. The molecule has 1 aliphatic carbocycles. The number of amides is 1. The summed E-state index contributed by atoms with van der Waals surface area (Å²) in [6, 6.07) is 7.83. The van der Waals surface area contributed by atoms with Gasteiger partial charge in [0, 0.05) is 25.6 Å². The Morgan fingerprint density at radius 1 is 0.925 bits per heavy atom. The predicted octanol–water partition coefficient (Wildman–Crippen LogP) is 4.81. The predicted molar refractivity (Wildman–Crippen MR) is 152 cm³/mol. The summed E-state index contributed by atoms with van der Waals surface area (Å²) in [4.78, 5) is 52.5. The summed E-state index contributed by atoms with van der Waals surface area (Å²) < 4.78 is 32.8. The van der Waals surface area contributed by atoms with Crippen LogP contribution in [-0.4, -0.2) is 19.6 Å². The van der Waals surface area contributed by atoms with Crippen molar-refractivity contribution in [1.29, 1.82) is 0 Å². The molecular formula is C29H31F2N5O4. The van der Waals surface area contributed by atoms with E-state index in [0.717, 1.165) is 10.6 Å². The van der Waals surface area contributed by atoms with Crippen molar-refractivity contribution in [3.63, 3.8) is 0 Å². The van der Waals surface area contributed by atoms with E-state index in [0.29, 0.717) is 18.4 Å². The van der Waals surface area contributed by atoms with Crippen LogP contribution in [0.15, 0.2) is 50.8 Å². The fourth-order valence-electron chi connectivity index (χ4n) is 4.64. The largest absolute Gasteiger partial charge is 0.338 e. The summed E-state index contributed by atoms with van der Waals surface area (Å²) in [6.45, 7) is 8.43. The van der Waals surface area contributed by atoms with Crippen LogP contribution in [0.25, 0.3) is 16.6 Å². The van der Waals surface area contributed by atoms with E-state index < -0.39 is 34.3 Å². The fourth-order valence-corrected chi connectivity index (χ4v) is 4.64. The van der Waals surface area contributed by atoms with Crippen molar-refractivity contribution < 1.29 is 13.6 Å². The molecule has 0 atom stereocenters. The minimum atomic E-state index is -0.721. The lowest BCUT2D eigenvalue weighted by atomic mass is 10.1. The third-order valence-corrected chi connectivity index (χ3v) is 6.65. The van der Waals surface area contributed by atoms with Crippen molar-refractivity contribution in [2.45, 2.75) is 53.5 Å². The van der Waals surface area contributed by atoms with E-state index in [-0.39, 0.29) is 45.4 Å². The SMILES string of the molecule is CC.CC(=O)Nc1cc(-n2c(=O)n(C3CC3)c(=O)c3c(Nc4ccc(C)cc4F)n(C)c(=O)c(C)c32)ccc1F. The van der Waals surface area contributed by atoms with Gasteiger partial charge in [-0.15, -0.1) is 0 Å². The highest BCUT2D eigenvalue weighted by Gasteiger charge is 2.31. The van der Waals surface area contributed by atoms with Gasteiger partial charge in [-0.25, -0.2) is 13.6 Å². The summed E-state index contributed by atoms with van der Waals surface area (Å²) in [5, 5.41) is 5.28. The summed E-state index contributed by atoms with van der Waals surface area (Å²) in [7, 11) is 1.45. The zero-order valence-electron chi connectivity index (χ0n) is 23.2. The minimum Gasteiger partial charge on any atom is -0.338 e. The first-order valence-electron chi connectivity index (χ1n) is 13.0. The Kier molecular flexibility index (Phi) is 7.77. The van der Waals surface area contributed by atoms with Crippen LogP contribution >= 0.6 is 0 Å². The number of benzene rings is 2. The number of hydrogen-bond donors (Lipinski definition) is 2. The summed E-state index contributed by atoms with van der Waals surface area (Å²) in [5.41, 5.74) is -1.03. The highest BCUT2D eigenvalue weighted by Crippen LogP contribution is 2.34. The van der Waals surface area contributed by atoms with Crippen LogP contribution in [0.3, 0.4) is 0 Å². The van der Waals surface area contributed by atoms with Gasteiger partial charge in [-0.05, 0) is 62.6 Å². The Bertz CT molecular complexity index is 1830. The van der Waals surface area contributed by atoms with Crippen molar-refractivity contribution in [2.24, 2.45) is 7.05 Å². The maximum atomic E-state index is 14.8. The molecular weight excluding hydrogens is 520 g/mol. The normalized spacial score (nSPS) is 12.6. The first-order valence-corrected chi connectivity index (χ1v) is 13.0. The van der Waals surface area contributed by atoms with Crippen LogP contribution in [0.5, 0.6) is 0 Å². The average molecular weight is 552 g/mol. The zero-order valence-corrected chi connectivity index (χ0v) is 23.2. The Morgan fingerprint density at radius 3 is 2.20 bits per heavy atom. The molecule has 1 saturated carbocycles. The monoisotopic (exact) mass is 551 g/mol. The first kappa shape index (κ1) is 28.5. The second-order valence-electron chi connectivity index (χ2n) is 9.54. The van der Waals surface area contributed by atoms with E-state index in [9.17, 15) is 28.0 Å². The number of hydrogen-bond acceptors (Lipinski definition) is 5. The number of nitrogens with one attached hydrogen (secondary N) is 2. The number of anilines is 3. The van der Waals surface area contributed by atoms with Gasteiger partial charge in [0.15, 0.2) is 0 Å². The molecule has 2 N–H and O–H groups in total. The number of aryl methyl sites for hydroxylation is 2. The standard InChI is InChI=1S/C27H25F2N5O4.C2H6/c1-13-5-10-20(19(29)11-13)31-24-22-23(14(2)25(36)32(24)4)33(27(38)34(26(22)37)16-6-7-16)17-8-9-18(28)21(12-17)30-15(3)35;1-2/h5,8-12,16,31H,6-7H2,1-4H3,(H,30,35);1-2H3. The second kappa shape index (κ2) is 10.9. The molecule has 1 amide bonds. The number of fused-ring (bicyclic) bond motifs is 1. The summed E-state index contributed by atoms with van der Waals surface area (Å²) in [5.74, 6) is -1.81. The summed E-state index contributed by atoms with van der Waals surface area (Å²) >= 11 is 0. The molecule has 2 aromatic carbocycles. The Hall–Kier alpha value is -4.54. The number of carbonyl (C=O) groups is 1. The molecule has 0 aliphatic heterocycles. The highest BCUT2D eigenvalue weighted by molar-refractivity contribution is 5.94. The maximum Gasteiger partial charge on any atom is 0.336 e. The molecule has 0 saturated heterocycles. The van der Waals surface area contributed by atoms with Gasteiger partial charge in [0.25, 0.3) is 11.1 Å². The van der Waals surface area contributed by atoms with E-state index in [1.165, 1.54) is 54.3 Å².